The summed E-state index contributed by atoms with van der Waals surface area (Å²) in [5.41, 5.74) is 4.37. The van der Waals surface area contributed by atoms with Gasteiger partial charge in [-0.3, -0.25) is 15.0 Å². The van der Waals surface area contributed by atoms with E-state index in [1.54, 1.807) is 6.33 Å². The van der Waals surface area contributed by atoms with Crippen molar-refractivity contribution in [3.63, 3.8) is 0 Å². The number of hydrogen-bond donors (Lipinski definition) is 3. The fourth-order valence-corrected chi connectivity index (χ4v) is 4.11. The van der Waals surface area contributed by atoms with Crippen LogP contribution in [0.25, 0.3) is 16.7 Å². The minimum absolute atomic E-state index is 0.0732. The molecule has 4 rings (SSSR count). The van der Waals surface area contributed by atoms with Gasteiger partial charge in [-0.15, -0.1) is 0 Å². The molecule has 202 valence electrons. The molecule has 0 atom stereocenters. The number of unbranched alkanes of at least 4 members (excludes halogenated alkanes) is 1. The van der Waals surface area contributed by atoms with Crippen molar-refractivity contribution in [2.75, 3.05) is 37.4 Å². The van der Waals surface area contributed by atoms with Crippen LogP contribution in [0.2, 0.25) is 0 Å². The molecule has 0 radical (unpaired) electrons. The molecule has 0 aliphatic rings. The number of fused-ring (bicyclic) bond motifs is 1. The first-order valence-electron chi connectivity index (χ1n) is 13.3. The van der Waals surface area contributed by atoms with Crippen molar-refractivity contribution in [2.24, 2.45) is 0 Å². The lowest BCUT2D eigenvalue weighted by Crippen LogP contribution is -2.22. The predicted molar refractivity (Wildman–Crippen MR) is 154 cm³/mol. The van der Waals surface area contributed by atoms with E-state index in [9.17, 15) is 4.79 Å². The van der Waals surface area contributed by atoms with E-state index in [4.69, 9.17) is 4.74 Å². The number of carbonyl (C=O) groups is 1. The van der Waals surface area contributed by atoms with Crippen LogP contribution in [-0.4, -0.2) is 57.4 Å². The highest BCUT2D eigenvalue weighted by Crippen LogP contribution is 2.24. The molecule has 0 saturated heterocycles. The van der Waals surface area contributed by atoms with Crippen molar-refractivity contribution in [3.05, 3.63) is 60.6 Å². The minimum Gasteiger partial charge on any atom is -0.493 e. The summed E-state index contributed by atoms with van der Waals surface area (Å²) in [7, 11) is 2.16. The van der Waals surface area contributed by atoms with Crippen LogP contribution in [-0.2, 0) is 5.41 Å². The van der Waals surface area contributed by atoms with E-state index in [1.165, 1.54) is 12.8 Å². The van der Waals surface area contributed by atoms with Gasteiger partial charge in [0.05, 0.1) is 17.6 Å². The molecule has 3 N–H and O–H groups in total. The Kier molecular flexibility index (Phi) is 8.68. The molecular weight excluding hydrogens is 478 g/mol. The third kappa shape index (κ3) is 7.13. The molecule has 2 aromatic carbocycles. The van der Waals surface area contributed by atoms with Crippen LogP contribution < -0.4 is 15.4 Å². The first kappa shape index (κ1) is 27.2. The summed E-state index contributed by atoms with van der Waals surface area (Å²) in [4.78, 5) is 19.3. The second-order valence-corrected chi connectivity index (χ2v) is 10.7. The zero-order valence-corrected chi connectivity index (χ0v) is 23.0. The van der Waals surface area contributed by atoms with Crippen LogP contribution in [0.5, 0.6) is 5.75 Å². The first-order chi connectivity index (χ1) is 18.2. The maximum Gasteiger partial charge on any atom is 0.324 e. The van der Waals surface area contributed by atoms with E-state index in [0.717, 1.165) is 47.7 Å². The fraction of sp³-hybridized carbons (Fsp3) is 0.414. The Hall–Kier alpha value is -3.85. The highest BCUT2D eigenvalue weighted by Gasteiger charge is 2.17. The number of rotatable bonds is 11. The van der Waals surface area contributed by atoms with Crippen LogP contribution in [0.4, 0.5) is 16.3 Å². The van der Waals surface area contributed by atoms with Gasteiger partial charge in [0.15, 0.2) is 5.82 Å². The number of imidazole rings is 1. The van der Waals surface area contributed by atoms with Gasteiger partial charge in [0.1, 0.15) is 12.1 Å². The number of aromatic nitrogens is 4. The number of anilines is 2. The molecular formula is C29H39N7O2. The Labute approximate surface area is 224 Å². The number of nitrogens with one attached hydrogen (secondary N) is 3. The van der Waals surface area contributed by atoms with Gasteiger partial charge in [0.2, 0.25) is 0 Å². The lowest BCUT2D eigenvalue weighted by molar-refractivity contribution is 0.261. The number of carbonyl (C=O) groups excluding carboxylic acids is 1. The Morgan fingerprint density at radius 2 is 1.82 bits per heavy atom. The molecule has 2 heterocycles. The molecule has 2 amide bonds. The number of amides is 2. The molecule has 4 aromatic rings. The fourth-order valence-electron chi connectivity index (χ4n) is 4.11. The van der Waals surface area contributed by atoms with Crippen molar-refractivity contribution >= 4 is 28.6 Å². The van der Waals surface area contributed by atoms with Gasteiger partial charge < -0.3 is 15.0 Å². The summed E-state index contributed by atoms with van der Waals surface area (Å²) in [6, 6.07) is 15.1. The minimum atomic E-state index is -0.349. The van der Waals surface area contributed by atoms with E-state index in [-0.39, 0.29) is 11.4 Å². The number of nitrogens with zero attached hydrogens (tertiary/aromatic N) is 4. The highest BCUT2D eigenvalue weighted by atomic mass is 16.5. The van der Waals surface area contributed by atoms with Crippen molar-refractivity contribution in [1.29, 1.82) is 0 Å². The quantitative estimate of drug-likeness (QED) is 0.206. The van der Waals surface area contributed by atoms with E-state index in [0.29, 0.717) is 18.1 Å². The zero-order valence-electron chi connectivity index (χ0n) is 23.0. The second kappa shape index (κ2) is 12.1. The number of ether oxygens (including phenoxy) is 1. The number of benzene rings is 2. The van der Waals surface area contributed by atoms with Gasteiger partial charge >= 0.3 is 6.03 Å². The summed E-state index contributed by atoms with van der Waals surface area (Å²) in [6.07, 6.45) is 5.24. The van der Waals surface area contributed by atoms with Gasteiger partial charge in [-0.1, -0.05) is 34.1 Å². The normalized spacial score (nSPS) is 11.7. The lowest BCUT2D eigenvalue weighted by atomic mass is 9.92. The summed E-state index contributed by atoms with van der Waals surface area (Å²) in [5.74, 6) is 1.31. The van der Waals surface area contributed by atoms with Crippen LogP contribution in [0.1, 0.15) is 52.7 Å². The maximum absolute atomic E-state index is 12.4. The Morgan fingerprint density at radius 1 is 1.05 bits per heavy atom. The lowest BCUT2D eigenvalue weighted by Gasteiger charge is -2.16. The molecule has 0 spiro atoms. The van der Waals surface area contributed by atoms with Crippen molar-refractivity contribution < 1.29 is 9.53 Å². The van der Waals surface area contributed by atoms with E-state index < -0.39 is 0 Å². The van der Waals surface area contributed by atoms with Crippen molar-refractivity contribution in [3.8, 4) is 11.4 Å². The van der Waals surface area contributed by atoms with Crippen molar-refractivity contribution in [1.82, 2.24) is 24.6 Å². The summed E-state index contributed by atoms with van der Waals surface area (Å²) in [6.45, 7) is 11.3. The molecule has 0 aliphatic heterocycles. The maximum atomic E-state index is 12.4. The summed E-state index contributed by atoms with van der Waals surface area (Å²) in [5, 5.41) is 12.7. The highest BCUT2D eigenvalue weighted by molar-refractivity contribution is 5.99. The largest absolute Gasteiger partial charge is 0.493 e. The van der Waals surface area contributed by atoms with E-state index >= 15 is 0 Å². The van der Waals surface area contributed by atoms with Crippen molar-refractivity contribution in [2.45, 2.75) is 52.4 Å². The summed E-state index contributed by atoms with van der Waals surface area (Å²) >= 11 is 0. The molecule has 2 aromatic heterocycles. The molecule has 9 nitrogen and oxygen atoms in total. The number of aromatic amines is 1. The Bertz CT molecular complexity index is 1340. The van der Waals surface area contributed by atoms with Gasteiger partial charge in [0, 0.05) is 41.2 Å². The third-order valence-electron chi connectivity index (χ3n) is 6.40. The Balaban J connectivity index is 1.32. The molecule has 0 saturated carbocycles. The topological polar surface area (TPSA) is 100 Å². The molecule has 0 unspecified atom stereocenters. The zero-order chi connectivity index (χ0) is 27.1. The molecule has 38 heavy (non-hydrogen) atoms. The van der Waals surface area contributed by atoms with Crippen LogP contribution in [0.15, 0.2) is 54.9 Å². The van der Waals surface area contributed by atoms with Gasteiger partial charge in [0.25, 0.3) is 0 Å². The summed E-state index contributed by atoms with van der Waals surface area (Å²) < 4.78 is 7.99. The monoisotopic (exact) mass is 517 g/mol. The average Bonchev–Trinajstić information content (AvgIpc) is 3.53. The third-order valence-corrected chi connectivity index (χ3v) is 6.40. The Morgan fingerprint density at radius 3 is 2.53 bits per heavy atom. The number of hydrogen-bond acceptors (Lipinski definition) is 5. The standard InChI is InChI=1S/C29H39N7O2/c1-6-7-15-35(5)16-8-17-38-23-13-14-25-24(18-23)30-20-36(25)22-11-9-21(10-12-22)31-28(37)32-27-19-26(33-34-27)29(2,3)4/h9-14,18-20H,6-8,15-17H2,1-5H3,(H3,31,32,33,34,37). The first-order valence-corrected chi connectivity index (χ1v) is 13.3. The van der Waals surface area contributed by atoms with Crippen LogP contribution in [0, 0.1) is 0 Å². The molecule has 0 fully saturated rings. The molecule has 0 bridgehead atoms. The number of urea groups is 1. The van der Waals surface area contributed by atoms with Gasteiger partial charge in [-0.2, -0.15) is 5.10 Å². The van der Waals surface area contributed by atoms with E-state index in [1.807, 2.05) is 53.1 Å². The molecule has 0 aliphatic carbocycles. The number of H-pyrrole nitrogens is 1. The smallest absolute Gasteiger partial charge is 0.324 e. The molecule has 9 heteroatoms. The van der Waals surface area contributed by atoms with E-state index in [2.05, 4.69) is 65.5 Å². The predicted octanol–water partition coefficient (Wildman–Crippen LogP) is 6.19. The van der Waals surface area contributed by atoms with Crippen LogP contribution >= 0.6 is 0 Å². The van der Waals surface area contributed by atoms with Gasteiger partial charge in [-0.05, 0) is 62.8 Å². The van der Waals surface area contributed by atoms with Crippen LogP contribution in [0.3, 0.4) is 0 Å². The van der Waals surface area contributed by atoms with Gasteiger partial charge in [-0.25, -0.2) is 9.78 Å². The second-order valence-electron chi connectivity index (χ2n) is 10.7. The SMILES string of the molecule is CCCCN(C)CCCOc1ccc2c(c1)ncn2-c1ccc(NC(=O)Nc2cc(C(C)(C)C)[nH]n2)cc1. The average molecular weight is 518 g/mol.